The van der Waals surface area contributed by atoms with E-state index in [0.717, 1.165) is 30.7 Å². The summed E-state index contributed by atoms with van der Waals surface area (Å²) in [4.78, 5) is 4.76. The van der Waals surface area contributed by atoms with E-state index >= 15 is 0 Å². The molecular formula is C18H24ClFN2O2S. The maximum atomic E-state index is 13.4. The van der Waals surface area contributed by atoms with E-state index in [1.807, 2.05) is 0 Å². The molecule has 138 valence electrons. The van der Waals surface area contributed by atoms with Crippen LogP contribution < -0.4 is 0 Å². The van der Waals surface area contributed by atoms with E-state index in [0.29, 0.717) is 24.3 Å². The summed E-state index contributed by atoms with van der Waals surface area (Å²) in [6, 6.07) is 4.82. The lowest BCUT2D eigenvalue weighted by molar-refractivity contribution is 0.194. The van der Waals surface area contributed by atoms with Gasteiger partial charge in [-0.3, -0.25) is 0 Å². The van der Waals surface area contributed by atoms with Crippen LogP contribution in [0, 0.1) is 5.92 Å². The van der Waals surface area contributed by atoms with Crippen molar-refractivity contribution in [3.05, 3.63) is 24.0 Å². The van der Waals surface area contributed by atoms with Crippen LogP contribution in [0.1, 0.15) is 52.3 Å². The summed E-state index contributed by atoms with van der Waals surface area (Å²) >= 11 is 0. The average Bonchev–Trinajstić information content (AvgIpc) is 2.87. The van der Waals surface area contributed by atoms with Crippen LogP contribution in [0.2, 0.25) is 0 Å². The molecule has 0 saturated heterocycles. The van der Waals surface area contributed by atoms with Crippen LogP contribution in [0.5, 0.6) is 0 Å². The molecule has 3 rings (SSSR count). The van der Waals surface area contributed by atoms with Crippen molar-refractivity contribution in [2.75, 3.05) is 0 Å². The number of halogens is 2. The highest BCUT2D eigenvalue weighted by atomic mass is 35.7. The third kappa shape index (κ3) is 4.00. The predicted octanol–water partition coefficient (Wildman–Crippen LogP) is 4.79. The molecule has 0 spiro atoms. The van der Waals surface area contributed by atoms with Gasteiger partial charge in [0, 0.05) is 22.6 Å². The summed E-state index contributed by atoms with van der Waals surface area (Å²) in [5.41, 5.74) is 1.35. The second-order valence-electron chi connectivity index (χ2n) is 8.00. The molecule has 7 heteroatoms. The molecule has 0 N–H and O–H groups in total. The van der Waals surface area contributed by atoms with E-state index in [-0.39, 0.29) is 10.3 Å². The summed E-state index contributed by atoms with van der Waals surface area (Å²) in [6.45, 7) is 7.04. The van der Waals surface area contributed by atoms with E-state index < -0.39 is 15.2 Å². The molecule has 1 aliphatic rings. The quantitative estimate of drug-likeness (QED) is 0.712. The minimum absolute atomic E-state index is 0.0599. The van der Waals surface area contributed by atoms with Gasteiger partial charge < -0.3 is 4.57 Å². The average molecular weight is 387 g/mol. The van der Waals surface area contributed by atoms with Crippen molar-refractivity contribution in [2.45, 2.75) is 69.5 Å². The Morgan fingerprint density at radius 3 is 2.44 bits per heavy atom. The third-order valence-corrected chi connectivity index (χ3v) is 6.24. The van der Waals surface area contributed by atoms with Crippen molar-refractivity contribution in [1.82, 2.24) is 9.55 Å². The first-order valence-electron chi connectivity index (χ1n) is 8.65. The fourth-order valence-electron chi connectivity index (χ4n) is 3.58. The Morgan fingerprint density at radius 1 is 1.24 bits per heavy atom. The van der Waals surface area contributed by atoms with Gasteiger partial charge in [-0.2, -0.15) is 0 Å². The van der Waals surface area contributed by atoms with Gasteiger partial charge in [-0.15, -0.1) is 0 Å². The fraction of sp³-hybridized carbons (Fsp3) is 0.611. The van der Waals surface area contributed by atoms with E-state index in [2.05, 4.69) is 25.3 Å². The van der Waals surface area contributed by atoms with Crippen LogP contribution in [0.3, 0.4) is 0 Å². The number of benzene rings is 1. The second-order valence-corrected chi connectivity index (χ2v) is 10.6. The van der Waals surface area contributed by atoms with E-state index in [1.165, 1.54) is 12.1 Å². The minimum Gasteiger partial charge on any atom is -0.327 e. The van der Waals surface area contributed by atoms with Gasteiger partial charge in [0.1, 0.15) is 12.0 Å². The second kappa shape index (κ2) is 6.54. The highest BCUT2D eigenvalue weighted by Gasteiger charge is 2.27. The molecule has 0 bridgehead atoms. The monoisotopic (exact) mass is 386 g/mol. The first-order valence-corrected chi connectivity index (χ1v) is 11.0. The van der Waals surface area contributed by atoms with Crippen molar-refractivity contribution in [2.24, 2.45) is 5.92 Å². The highest BCUT2D eigenvalue weighted by Crippen LogP contribution is 2.33. The van der Waals surface area contributed by atoms with E-state index in [9.17, 15) is 12.8 Å². The zero-order valence-corrected chi connectivity index (χ0v) is 16.4. The van der Waals surface area contributed by atoms with Crippen LogP contribution in [-0.4, -0.2) is 24.1 Å². The number of alkyl halides is 1. The molecule has 4 nitrogen and oxygen atoms in total. The number of aromatic nitrogens is 2. The van der Waals surface area contributed by atoms with E-state index in [4.69, 9.17) is 15.7 Å². The predicted molar refractivity (Wildman–Crippen MR) is 98.3 cm³/mol. The molecule has 0 atom stereocenters. The van der Waals surface area contributed by atoms with Crippen molar-refractivity contribution < 1.29 is 12.8 Å². The number of hydrogen-bond donors (Lipinski definition) is 0. The lowest BCUT2D eigenvalue weighted by Gasteiger charge is -2.27. The van der Waals surface area contributed by atoms with Crippen LogP contribution in [0.25, 0.3) is 11.0 Å². The zero-order valence-electron chi connectivity index (χ0n) is 14.8. The molecule has 1 heterocycles. The Bertz CT molecular complexity index is 878. The largest absolute Gasteiger partial charge is 0.327 e. The van der Waals surface area contributed by atoms with Gasteiger partial charge in [-0.1, -0.05) is 20.8 Å². The standard InChI is InChI=1S/C18H24ClFN2O2S/c1-18(2,3)17-21-15-10-14(25(19,23)24)8-9-16(15)22(17)11-12-4-6-13(20)7-5-12/h8-10,12-13H,4-7,11H2,1-3H3. The maximum Gasteiger partial charge on any atom is 0.261 e. The van der Waals surface area contributed by atoms with Gasteiger partial charge in [0.05, 0.1) is 15.9 Å². The maximum absolute atomic E-state index is 13.4. The van der Waals surface area contributed by atoms with Gasteiger partial charge in [-0.05, 0) is 49.8 Å². The Hall–Kier alpha value is -1.14. The molecule has 1 aromatic heterocycles. The van der Waals surface area contributed by atoms with Crippen molar-refractivity contribution in [1.29, 1.82) is 0 Å². The Kier molecular flexibility index (Phi) is 4.88. The Morgan fingerprint density at radius 2 is 1.88 bits per heavy atom. The number of imidazole rings is 1. The smallest absolute Gasteiger partial charge is 0.261 e. The normalized spacial score (nSPS) is 22.4. The Labute approximate surface area is 152 Å². The topological polar surface area (TPSA) is 52.0 Å². The Balaban J connectivity index is 2.05. The lowest BCUT2D eigenvalue weighted by atomic mass is 9.87. The summed E-state index contributed by atoms with van der Waals surface area (Å²) < 4.78 is 38.8. The van der Waals surface area contributed by atoms with E-state index in [1.54, 1.807) is 6.07 Å². The van der Waals surface area contributed by atoms with Crippen molar-refractivity contribution >= 4 is 30.8 Å². The third-order valence-electron chi connectivity index (χ3n) is 4.89. The molecule has 0 amide bonds. The number of rotatable bonds is 3. The summed E-state index contributed by atoms with van der Waals surface area (Å²) in [7, 11) is 1.68. The summed E-state index contributed by atoms with van der Waals surface area (Å²) in [5.74, 6) is 1.33. The minimum atomic E-state index is -3.79. The van der Waals surface area contributed by atoms with Crippen molar-refractivity contribution in [3.63, 3.8) is 0 Å². The molecule has 0 aliphatic heterocycles. The van der Waals surface area contributed by atoms with Gasteiger partial charge in [0.2, 0.25) is 0 Å². The van der Waals surface area contributed by atoms with Crippen LogP contribution in [-0.2, 0) is 21.0 Å². The lowest BCUT2D eigenvalue weighted by Crippen LogP contribution is -2.24. The summed E-state index contributed by atoms with van der Waals surface area (Å²) in [6.07, 6.45) is 2.32. The van der Waals surface area contributed by atoms with Gasteiger partial charge in [-0.25, -0.2) is 17.8 Å². The van der Waals surface area contributed by atoms with Gasteiger partial charge >= 0.3 is 0 Å². The molecule has 0 unspecified atom stereocenters. The molecule has 1 aliphatic carbocycles. The number of fused-ring (bicyclic) bond motifs is 1. The molecule has 0 radical (unpaired) electrons. The van der Waals surface area contributed by atoms with Gasteiger partial charge in [0.15, 0.2) is 0 Å². The van der Waals surface area contributed by atoms with Crippen LogP contribution >= 0.6 is 10.7 Å². The van der Waals surface area contributed by atoms with Gasteiger partial charge in [0.25, 0.3) is 9.05 Å². The first-order chi connectivity index (χ1) is 11.6. The molecule has 25 heavy (non-hydrogen) atoms. The molecule has 1 saturated carbocycles. The SMILES string of the molecule is CC(C)(C)c1nc2cc(S(=O)(=O)Cl)ccc2n1CC1CCC(F)CC1. The molecule has 1 fully saturated rings. The van der Waals surface area contributed by atoms with Crippen LogP contribution in [0.4, 0.5) is 4.39 Å². The highest BCUT2D eigenvalue weighted by molar-refractivity contribution is 8.13. The molecular weight excluding hydrogens is 363 g/mol. The molecule has 2 aromatic rings. The number of nitrogens with zero attached hydrogens (tertiary/aromatic N) is 2. The van der Waals surface area contributed by atoms with Crippen molar-refractivity contribution in [3.8, 4) is 0 Å². The first kappa shape index (κ1) is 18.6. The number of hydrogen-bond acceptors (Lipinski definition) is 3. The molecule has 1 aromatic carbocycles. The fourth-order valence-corrected chi connectivity index (χ4v) is 4.35. The van der Waals surface area contributed by atoms with Crippen LogP contribution in [0.15, 0.2) is 23.1 Å². The zero-order chi connectivity index (χ0) is 18.4. The summed E-state index contributed by atoms with van der Waals surface area (Å²) in [5, 5.41) is 0.